The summed E-state index contributed by atoms with van der Waals surface area (Å²) < 4.78 is 0. The quantitative estimate of drug-likeness (QED) is 0.469. The van der Waals surface area contributed by atoms with E-state index < -0.39 is 12.0 Å². The molecule has 0 spiro atoms. The molecule has 0 saturated carbocycles. The van der Waals surface area contributed by atoms with Crippen LogP contribution in [0.1, 0.15) is 33.6 Å². The lowest BCUT2D eigenvalue weighted by atomic mass is 9.83. The molecule has 0 aliphatic heterocycles. The fraction of sp³-hybridized carbons (Fsp3) is 0.667. The first-order valence-corrected chi connectivity index (χ1v) is 4.57. The molecule has 0 aromatic heterocycles. The number of nitrogens with two attached hydrogens (primary N) is 1. The highest BCUT2D eigenvalue weighted by Crippen LogP contribution is 2.24. The van der Waals surface area contributed by atoms with Gasteiger partial charge in [0, 0.05) is 17.5 Å². The van der Waals surface area contributed by atoms with E-state index in [1.807, 2.05) is 13.8 Å². The molecule has 0 aliphatic rings. The van der Waals surface area contributed by atoms with Gasteiger partial charge in [-0.05, 0) is 13.3 Å². The highest BCUT2D eigenvalue weighted by Gasteiger charge is 2.22. The molecule has 2 amide bonds. The Bertz CT molecular complexity index is 284. The molecular formula is C9H17N3O3. The van der Waals surface area contributed by atoms with E-state index in [0.29, 0.717) is 12.1 Å². The number of amides is 2. The Morgan fingerprint density at radius 2 is 2.00 bits per heavy atom. The number of rotatable bonds is 5. The van der Waals surface area contributed by atoms with Crippen molar-refractivity contribution >= 4 is 17.7 Å². The van der Waals surface area contributed by atoms with Crippen LogP contribution in [-0.4, -0.2) is 22.8 Å². The fourth-order valence-corrected chi connectivity index (χ4v) is 0.891. The van der Waals surface area contributed by atoms with Crippen molar-refractivity contribution in [2.75, 3.05) is 0 Å². The topological polar surface area (TPSA) is 105 Å². The fourth-order valence-electron chi connectivity index (χ4n) is 0.891. The number of hydrogen-bond donors (Lipinski definition) is 3. The van der Waals surface area contributed by atoms with Gasteiger partial charge in [0.15, 0.2) is 0 Å². The monoisotopic (exact) mass is 215 g/mol. The molecule has 0 saturated heterocycles. The summed E-state index contributed by atoms with van der Waals surface area (Å²) in [5, 5.41) is 12.3. The first-order chi connectivity index (χ1) is 6.75. The second kappa shape index (κ2) is 5.33. The summed E-state index contributed by atoms with van der Waals surface area (Å²) >= 11 is 0. The van der Waals surface area contributed by atoms with E-state index in [4.69, 9.17) is 10.8 Å². The van der Waals surface area contributed by atoms with Crippen molar-refractivity contribution in [3.8, 4) is 0 Å². The zero-order valence-corrected chi connectivity index (χ0v) is 9.20. The number of hydrogen-bond acceptors (Lipinski definition) is 3. The van der Waals surface area contributed by atoms with Crippen molar-refractivity contribution in [2.24, 2.45) is 16.3 Å². The first kappa shape index (κ1) is 13.4. The summed E-state index contributed by atoms with van der Waals surface area (Å²) in [7, 11) is 0. The Labute approximate surface area is 88.5 Å². The zero-order chi connectivity index (χ0) is 12.1. The summed E-state index contributed by atoms with van der Waals surface area (Å²) in [6, 6.07) is -0.733. The number of nitrogens with zero attached hydrogens (tertiary/aromatic N) is 1. The van der Waals surface area contributed by atoms with Crippen LogP contribution in [-0.2, 0) is 4.79 Å². The number of urea groups is 1. The molecule has 6 nitrogen and oxygen atoms in total. The van der Waals surface area contributed by atoms with Crippen molar-refractivity contribution < 1.29 is 14.7 Å². The molecule has 0 radical (unpaired) electrons. The summed E-state index contributed by atoms with van der Waals surface area (Å²) in [5.41, 5.74) is 7.24. The third-order valence-electron chi connectivity index (χ3n) is 2.28. The van der Waals surface area contributed by atoms with Crippen molar-refractivity contribution in [3.63, 3.8) is 0 Å². The molecule has 15 heavy (non-hydrogen) atoms. The molecule has 0 aliphatic carbocycles. The van der Waals surface area contributed by atoms with Gasteiger partial charge in [-0.2, -0.15) is 5.10 Å². The van der Waals surface area contributed by atoms with Crippen molar-refractivity contribution in [3.05, 3.63) is 0 Å². The number of carboxylic acid groups (broad SMARTS) is 1. The SMILES string of the molecule is CC(=NNC(N)=O)C(C)(C)CCC(=O)O. The van der Waals surface area contributed by atoms with Crippen molar-refractivity contribution in [1.29, 1.82) is 0 Å². The lowest BCUT2D eigenvalue weighted by Crippen LogP contribution is -2.30. The molecule has 6 heteroatoms. The lowest BCUT2D eigenvalue weighted by Gasteiger charge is -2.23. The predicted molar refractivity (Wildman–Crippen MR) is 56.5 cm³/mol. The molecule has 4 N–H and O–H groups in total. The van der Waals surface area contributed by atoms with Gasteiger partial charge >= 0.3 is 12.0 Å². The normalized spacial score (nSPS) is 12.3. The van der Waals surface area contributed by atoms with Crippen LogP contribution in [0.3, 0.4) is 0 Å². The van der Waals surface area contributed by atoms with Crippen LogP contribution in [0.25, 0.3) is 0 Å². The number of carboxylic acids is 1. The predicted octanol–water partition coefficient (Wildman–Crippen LogP) is 0.922. The van der Waals surface area contributed by atoms with Crippen LogP contribution in [0.5, 0.6) is 0 Å². The summed E-state index contributed by atoms with van der Waals surface area (Å²) in [6.45, 7) is 5.44. The average molecular weight is 215 g/mol. The highest BCUT2D eigenvalue weighted by molar-refractivity contribution is 5.88. The maximum Gasteiger partial charge on any atom is 0.332 e. The summed E-state index contributed by atoms with van der Waals surface area (Å²) in [6.07, 6.45) is 0.522. The van der Waals surface area contributed by atoms with E-state index in [0.717, 1.165) is 0 Å². The van der Waals surface area contributed by atoms with Gasteiger partial charge in [-0.3, -0.25) is 4.79 Å². The third-order valence-corrected chi connectivity index (χ3v) is 2.28. The highest BCUT2D eigenvalue weighted by atomic mass is 16.4. The molecule has 0 heterocycles. The number of carbonyl (C=O) groups excluding carboxylic acids is 1. The van der Waals surface area contributed by atoms with E-state index in [1.165, 1.54) is 0 Å². The Balaban J connectivity index is 4.36. The average Bonchev–Trinajstić information content (AvgIpc) is 2.11. The minimum atomic E-state index is -0.848. The van der Waals surface area contributed by atoms with Gasteiger partial charge in [0.25, 0.3) is 0 Å². The Morgan fingerprint density at radius 3 is 2.40 bits per heavy atom. The van der Waals surface area contributed by atoms with E-state index in [1.54, 1.807) is 6.92 Å². The Kier molecular flexibility index (Phi) is 4.77. The second-order valence-corrected chi connectivity index (χ2v) is 3.95. The van der Waals surface area contributed by atoms with E-state index in [9.17, 15) is 9.59 Å². The van der Waals surface area contributed by atoms with Crippen LogP contribution in [0.4, 0.5) is 4.79 Å². The van der Waals surface area contributed by atoms with Gasteiger partial charge in [-0.25, -0.2) is 10.2 Å². The summed E-state index contributed by atoms with van der Waals surface area (Å²) in [4.78, 5) is 20.8. The van der Waals surface area contributed by atoms with Gasteiger partial charge in [0.1, 0.15) is 0 Å². The van der Waals surface area contributed by atoms with Crippen LogP contribution < -0.4 is 11.2 Å². The Hall–Kier alpha value is -1.59. The van der Waals surface area contributed by atoms with Crippen LogP contribution in [0, 0.1) is 5.41 Å². The molecule has 0 aromatic carbocycles. The largest absolute Gasteiger partial charge is 0.481 e. The molecular weight excluding hydrogens is 198 g/mol. The van der Waals surface area contributed by atoms with Gasteiger partial charge in [0.2, 0.25) is 0 Å². The standard InChI is InChI=1S/C9H17N3O3/c1-6(11-12-8(10)15)9(2,3)5-4-7(13)14/h4-5H2,1-3H3,(H,13,14)(H3,10,12,15). The molecule has 0 rings (SSSR count). The zero-order valence-electron chi connectivity index (χ0n) is 9.20. The number of hydrazone groups is 1. The van der Waals surface area contributed by atoms with E-state index >= 15 is 0 Å². The number of primary amides is 1. The minimum Gasteiger partial charge on any atom is -0.481 e. The van der Waals surface area contributed by atoms with Crippen LogP contribution in [0.2, 0.25) is 0 Å². The smallest absolute Gasteiger partial charge is 0.332 e. The van der Waals surface area contributed by atoms with Gasteiger partial charge in [-0.15, -0.1) is 0 Å². The second-order valence-electron chi connectivity index (χ2n) is 3.95. The maximum atomic E-state index is 10.4. The van der Waals surface area contributed by atoms with Crippen LogP contribution >= 0.6 is 0 Å². The molecule has 0 atom stereocenters. The Morgan fingerprint density at radius 1 is 1.47 bits per heavy atom. The van der Waals surface area contributed by atoms with Crippen LogP contribution in [0.15, 0.2) is 5.10 Å². The molecule has 0 bridgehead atoms. The molecule has 0 unspecified atom stereocenters. The van der Waals surface area contributed by atoms with E-state index in [2.05, 4.69) is 10.5 Å². The van der Waals surface area contributed by atoms with Gasteiger partial charge in [-0.1, -0.05) is 13.8 Å². The number of nitrogens with one attached hydrogen (secondary N) is 1. The third kappa shape index (κ3) is 5.66. The lowest BCUT2D eigenvalue weighted by molar-refractivity contribution is -0.137. The number of aliphatic carboxylic acids is 1. The molecule has 86 valence electrons. The molecule has 0 fully saturated rings. The summed E-state index contributed by atoms with van der Waals surface area (Å²) in [5.74, 6) is -0.848. The first-order valence-electron chi connectivity index (χ1n) is 4.57. The van der Waals surface area contributed by atoms with Crippen molar-refractivity contribution in [2.45, 2.75) is 33.6 Å². The number of carbonyl (C=O) groups is 2. The van der Waals surface area contributed by atoms with Gasteiger partial charge < -0.3 is 10.8 Å². The van der Waals surface area contributed by atoms with E-state index in [-0.39, 0.29) is 11.8 Å². The van der Waals surface area contributed by atoms with Gasteiger partial charge in [0.05, 0.1) is 0 Å². The maximum absolute atomic E-state index is 10.4. The van der Waals surface area contributed by atoms with Crippen molar-refractivity contribution in [1.82, 2.24) is 5.43 Å². The molecule has 0 aromatic rings. The minimum absolute atomic E-state index is 0.0659.